The Morgan fingerprint density at radius 2 is 1.00 bits per heavy atom. The van der Waals surface area contributed by atoms with Gasteiger partial charge in [-0.1, -0.05) is 80.1 Å². The van der Waals surface area contributed by atoms with Crippen LogP contribution >= 0.6 is 7.60 Å². The van der Waals surface area contributed by atoms with Crippen LogP contribution in [0.25, 0.3) is 0 Å². The lowest BCUT2D eigenvalue weighted by molar-refractivity contribution is 0.187. The minimum atomic E-state index is -2.89. The molecule has 0 aromatic carbocycles. The first-order valence-electron chi connectivity index (χ1n) is 10.5. The van der Waals surface area contributed by atoms with E-state index in [1.54, 1.807) is 6.66 Å². The quantitative estimate of drug-likeness (QED) is 0.261. The number of rotatable bonds is 16. The van der Waals surface area contributed by atoms with E-state index in [2.05, 4.69) is 41.5 Å². The summed E-state index contributed by atoms with van der Waals surface area (Å²) in [5.74, 6) is 2.81. The van der Waals surface area contributed by atoms with Crippen molar-refractivity contribution in [3.8, 4) is 0 Å². The minimum Gasteiger partial charge on any atom is -0.309 e. The van der Waals surface area contributed by atoms with Crippen molar-refractivity contribution >= 4 is 7.60 Å². The monoisotopic (exact) mass is 376 g/mol. The average Bonchev–Trinajstić information content (AvgIpc) is 2.45. The van der Waals surface area contributed by atoms with Crippen molar-refractivity contribution in [2.45, 2.75) is 92.9 Å². The first-order valence-corrected chi connectivity index (χ1v) is 12.5. The van der Waals surface area contributed by atoms with E-state index < -0.39 is 7.60 Å². The Bertz CT molecular complexity index is 325. The van der Waals surface area contributed by atoms with Crippen molar-refractivity contribution in [3.05, 3.63) is 0 Å². The van der Waals surface area contributed by atoms with Gasteiger partial charge in [-0.25, -0.2) is 0 Å². The van der Waals surface area contributed by atoms with E-state index in [4.69, 9.17) is 9.05 Å². The summed E-state index contributed by atoms with van der Waals surface area (Å²) < 4.78 is 23.4. The summed E-state index contributed by atoms with van der Waals surface area (Å²) in [6, 6.07) is 0. The Hall–Kier alpha value is 0.150. The van der Waals surface area contributed by atoms with Gasteiger partial charge in [0.25, 0.3) is 0 Å². The summed E-state index contributed by atoms with van der Waals surface area (Å²) in [7, 11) is -2.89. The SMILES string of the molecule is CC(C)CCCC(C)CCOP(C)(=O)OCCC(C)CCCC(C)C. The largest absolute Gasteiger partial charge is 0.327 e. The third-order valence-corrected chi connectivity index (χ3v) is 6.13. The van der Waals surface area contributed by atoms with Crippen LogP contribution in [0, 0.1) is 23.7 Å². The van der Waals surface area contributed by atoms with Gasteiger partial charge in [0.2, 0.25) is 0 Å². The normalized spacial score (nSPS) is 17.0. The number of hydrogen-bond donors (Lipinski definition) is 0. The highest BCUT2D eigenvalue weighted by atomic mass is 31.2. The summed E-state index contributed by atoms with van der Waals surface area (Å²) in [5, 5.41) is 0. The van der Waals surface area contributed by atoms with Crippen LogP contribution in [0.2, 0.25) is 0 Å². The molecule has 0 heterocycles. The van der Waals surface area contributed by atoms with Crippen molar-refractivity contribution < 1.29 is 13.6 Å². The Balaban J connectivity index is 3.74. The van der Waals surface area contributed by atoms with E-state index in [0.29, 0.717) is 25.0 Å². The lowest BCUT2D eigenvalue weighted by Crippen LogP contribution is -2.05. The van der Waals surface area contributed by atoms with Gasteiger partial charge in [-0.3, -0.25) is 4.57 Å². The van der Waals surface area contributed by atoms with Crippen molar-refractivity contribution in [1.29, 1.82) is 0 Å². The summed E-state index contributed by atoms with van der Waals surface area (Å²) in [5.41, 5.74) is 0. The van der Waals surface area contributed by atoms with Gasteiger partial charge >= 0.3 is 7.60 Å². The second kappa shape index (κ2) is 14.2. The molecule has 0 N–H and O–H groups in total. The Morgan fingerprint density at radius 3 is 1.32 bits per heavy atom. The van der Waals surface area contributed by atoms with Gasteiger partial charge in [-0.05, 0) is 36.5 Å². The molecule has 0 rings (SSSR count). The van der Waals surface area contributed by atoms with Gasteiger partial charge in [-0.2, -0.15) is 0 Å². The maximum Gasteiger partial charge on any atom is 0.327 e. The molecule has 3 nitrogen and oxygen atoms in total. The standard InChI is InChI=1S/C21H45O3P/c1-18(2)10-8-12-20(5)14-16-23-25(7,22)24-17-15-21(6)13-9-11-19(3)4/h18-21H,8-17H2,1-7H3. The van der Waals surface area contributed by atoms with E-state index in [9.17, 15) is 4.57 Å². The fraction of sp³-hybridized carbons (Fsp3) is 1.00. The smallest absolute Gasteiger partial charge is 0.309 e. The highest BCUT2D eigenvalue weighted by Crippen LogP contribution is 2.44. The fourth-order valence-corrected chi connectivity index (χ4v) is 3.86. The third-order valence-electron chi connectivity index (χ3n) is 4.83. The molecule has 0 saturated heterocycles. The molecule has 25 heavy (non-hydrogen) atoms. The van der Waals surface area contributed by atoms with E-state index in [0.717, 1.165) is 24.7 Å². The van der Waals surface area contributed by atoms with E-state index >= 15 is 0 Å². The van der Waals surface area contributed by atoms with Crippen LogP contribution in [0.1, 0.15) is 92.9 Å². The molecule has 0 fully saturated rings. The Kier molecular flexibility index (Phi) is 14.3. The molecule has 0 aliphatic heterocycles. The molecule has 2 unspecified atom stereocenters. The maximum absolute atomic E-state index is 12.3. The van der Waals surface area contributed by atoms with E-state index in [1.165, 1.54) is 38.5 Å². The second-order valence-electron chi connectivity index (χ2n) is 8.87. The molecule has 0 spiro atoms. The summed E-state index contributed by atoms with van der Waals surface area (Å²) in [6.07, 6.45) is 9.50. The van der Waals surface area contributed by atoms with E-state index in [-0.39, 0.29) is 0 Å². The summed E-state index contributed by atoms with van der Waals surface area (Å²) in [4.78, 5) is 0. The second-order valence-corrected chi connectivity index (χ2v) is 10.9. The first kappa shape index (κ1) is 25.1. The highest BCUT2D eigenvalue weighted by Gasteiger charge is 2.18. The first-order chi connectivity index (χ1) is 11.6. The van der Waals surface area contributed by atoms with Gasteiger partial charge in [0.1, 0.15) is 0 Å². The van der Waals surface area contributed by atoms with Gasteiger partial charge in [0, 0.05) is 6.66 Å². The van der Waals surface area contributed by atoms with Crippen molar-refractivity contribution in [2.75, 3.05) is 19.9 Å². The molecule has 0 bridgehead atoms. The van der Waals surface area contributed by atoms with Gasteiger partial charge in [0.15, 0.2) is 0 Å². The third kappa shape index (κ3) is 17.3. The number of hydrogen-bond acceptors (Lipinski definition) is 3. The minimum absolute atomic E-state index is 0.542. The molecule has 152 valence electrons. The van der Waals surface area contributed by atoms with Gasteiger partial charge < -0.3 is 9.05 Å². The zero-order valence-electron chi connectivity index (χ0n) is 18.1. The molecule has 2 atom stereocenters. The fourth-order valence-electron chi connectivity index (χ4n) is 2.91. The molecule has 0 aliphatic carbocycles. The van der Waals surface area contributed by atoms with Crippen LogP contribution in [-0.2, 0) is 13.6 Å². The predicted molar refractivity (Wildman–Crippen MR) is 110 cm³/mol. The Labute approximate surface area is 158 Å². The van der Waals surface area contributed by atoms with Gasteiger partial charge in [-0.15, -0.1) is 0 Å². The van der Waals surface area contributed by atoms with Crippen molar-refractivity contribution in [1.82, 2.24) is 0 Å². The van der Waals surface area contributed by atoms with Crippen molar-refractivity contribution in [3.63, 3.8) is 0 Å². The molecule has 0 saturated carbocycles. The summed E-state index contributed by atoms with van der Waals surface area (Å²) >= 11 is 0. The van der Waals surface area contributed by atoms with Crippen molar-refractivity contribution in [2.24, 2.45) is 23.7 Å². The predicted octanol–water partition coefficient (Wildman–Crippen LogP) is 7.55. The molecule has 0 radical (unpaired) electrons. The van der Waals surface area contributed by atoms with Crippen LogP contribution in [0.5, 0.6) is 0 Å². The zero-order chi connectivity index (χ0) is 19.3. The van der Waals surface area contributed by atoms with Crippen LogP contribution in [0.3, 0.4) is 0 Å². The molecule has 0 aromatic rings. The van der Waals surface area contributed by atoms with Crippen LogP contribution in [0.4, 0.5) is 0 Å². The topological polar surface area (TPSA) is 35.5 Å². The molecular weight excluding hydrogens is 331 g/mol. The maximum atomic E-state index is 12.3. The molecular formula is C21H45O3P. The highest BCUT2D eigenvalue weighted by molar-refractivity contribution is 7.52. The Morgan fingerprint density at radius 1 is 0.640 bits per heavy atom. The summed E-state index contributed by atoms with van der Waals surface area (Å²) in [6.45, 7) is 16.3. The van der Waals surface area contributed by atoms with Crippen LogP contribution < -0.4 is 0 Å². The molecule has 0 amide bonds. The average molecular weight is 377 g/mol. The molecule has 0 aliphatic rings. The molecule has 4 heteroatoms. The molecule has 0 aromatic heterocycles. The van der Waals surface area contributed by atoms with Crippen LogP contribution in [0.15, 0.2) is 0 Å². The lowest BCUT2D eigenvalue weighted by atomic mass is 9.98. The lowest BCUT2D eigenvalue weighted by Gasteiger charge is -2.18. The van der Waals surface area contributed by atoms with E-state index in [1.807, 2.05) is 0 Å². The van der Waals surface area contributed by atoms with Gasteiger partial charge in [0.05, 0.1) is 13.2 Å². The zero-order valence-corrected chi connectivity index (χ0v) is 18.9. The van der Waals surface area contributed by atoms with Crippen LogP contribution in [-0.4, -0.2) is 19.9 Å².